The Kier molecular flexibility index (Phi) is 7.49. The van der Waals surface area contributed by atoms with E-state index in [0.717, 1.165) is 5.56 Å². The number of benzene rings is 1. The molecule has 33 heavy (non-hydrogen) atoms. The molecule has 0 spiro atoms. The van der Waals surface area contributed by atoms with Crippen LogP contribution in [0.15, 0.2) is 36.8 Å². The lowest BCUT2D eigenvalue weighted by Crippen LogP contribution is -2.41. The lowest BCUT2D eigenvalue weighted by Gasteiger charge is -2.27. The summed E-state index contributed by atoms with van der Waals surface area (Å²) < 4.78 is 8.75. The van der Waals surface area contributed by atoms with Crippen LogP contribution in [0.1, 0.15) is 23.0 Å². The summed E-state index contributed by atoms with van der Waals surface area (Å²) in [5.74, 6) is -0.101. The summed E-state index contributed by atoms with van der Waals surface area (Å²) in [6.07, 6.45) is 5.08. The van der Waals surface area contributed by atoms with Gasteiger partial charge < -0.3 is 20.3 Å². The number of hydrogen-bond donors (Lipinski definition) is 2. The Hall–Kier alpha value is -2.66. The topological polar surface area (TPSA) is 89.2 Å². The number of anilines is 2. The van der Waals surface area contributed by atoms with E-state index in [9.17, 15) is 4.79 Å². The van der Waals surface area contributed by atoms with Crippen LogP contribution in [0.4, 0.5) is 11.4 Å². The normalized spacial score (nSPS) is 13.7. The third-order valence-electron chi connectivity index (χ3n) is 5.13. The summed E-state index contributed by atoms with van der Waals surface area (Å²) in [5.41, 5.74) is 2.61. The largest absolute Gasteiger partial charge is 0.378 e. The van der Waals surface area contributed by atoms with Gasteiger partial charge in [0, 0.05) is 35.9 Å². The van der Waals surface area contributed by atoms with Crippen LogP contribution in [0.2, 0.25) is 10.0 Å². The van der Waals surface area contributed by atoms with E-state index in [1.807, 2.05) is 19.2 Å². The maximum Gasteiger partial charge on any atom is 0.274 e. The fraction of sp³-hybridized carbons (Fsp3) is 0.333. The maximum atomic E-state index is 13.1. The highest BCUT2D eigenvalue weighted by Gasteiger charge is 2.25. The first-order chi connectivity index (χ1) is 15.9. The number of rotatable bonds is 6. The third kappa shape index (κ3) is 5.64. The van der Waals surface area contributed by atoms with Gasteiger partial charge in [-0.05, 0) is 36.8 Å². The molecule has 0 aliphatic carbocycles. The Balaban J connectivity index is 1.42. The summed E-state index contributed by atoms with van der Waals surface area (Å²) in [6, 6.07) is 5.35. The Labute approximate surface area is 206 Å². The Morgan fingerprint density at radius 2 is 1.97 bits per heavy atom. The summed E-state index contributed by atoms with van der Waals surface area (Å²) >= 11 is 17.7. The molecule has 1 aromatic carbocycles. The van der Waals surface area contributed by atoms with Gasteiger partial charge in [-0.1, -0.05) is 29.3 Å². The molecule has 1 fully saturated rings. The van der Waals surface area contributed by atoms with Gasteiger partial charge in [0.05, 0.1) is 43.5 Å². The van der Waals surface area contributed by atoms with Crippen molar-refractivity contribution in [3.8, 4) is 0 Å². The van der Waals surface area contributed by atoms with Crippen LogP contribution in [0.5, 0.6) is 0 Å². The average Bonchev–Trinajstić information content (AvgIpc) is 3.42. The zero-order valence-corrected chi connectivity index (χ0v) is 20.3. The van der Waals surface area contributed by atoms with Crippen molar-refractivity contribution in [2.45, 2.75) is 20.0 Å². The number of ether oxygens (including phenoxy) is 1. The molecule has 1 amide bonds. The van der Waals surface area contributed by atoms with Crippen molar-refractivity contribution < 1.29 is 9.53 Å². The minimum absolute atomic E-state index is 0.101. The molecular weight excluding hydrogens is 485 g/mol. The van der Waals surface area contributed by atoms with E-state index in [2.05, 4.69) is 20.8 Å². The number of hydrogen-bond acceptors (Lipinski definition) is 5. The predicted octanol–water partition coefficient (Wildman–Crippen LogP) is 3.74. The molecule has 0 bridgehead atoms. The SMILES string of the molecule is CCn1ncc(NC(=S)Nc2cnn(Cc3ccc(Cl)cc3Cl)c2)c1C(=O)N1CCOCC1. The zero-order valence-electron chi connectivity index (χ0n) is 17.9. The highest BCUT2D eigenvalue weighted by atomic mass is 35.5. The minimum Gasteiger partial charge on any atom is -0.378 e. The molecule has 0 saturated carbocycles. The smallest absolute Gasteiger partial charge is 0.274 e. The molecular formula is C21H23Cl2N7O2S. The summed E-state index contributed by atoms with van der Waals surface area (Å²) in [6.45, 7) is 5.14. The monoisotopic (exact) mass is 507 g/mol. The van der Waals surface area contributed by atoms with Crippen LogP contribution in [0.3, 0.4) is 0 Å². The van der Waals surface area contributed by atoms with Crippen LogP contribution < -0.4 is 10.6 Å². The summed E-state index contributed by atoms with van der Waals surface area (Å²) in [4.78, 5) is 14.9. The number of carbonyl (C=O) groups is 1. The maximum absolute atomic E-state index is 13.1. The van der Waals surface area contributed by atoms with E-state index >= 15 is 0 Å². The van der Waals surface area contributed by atoms with Gasteiger partial charge in [-0.3, -0.25) is 14.2 Å². The number of halogens is 2. The van der Waals surface area contributed by atoms with Crippen molar-refractivity contribution in [1.82, 2.24) is 24.5 Å². The fourth-order valence-corrected chi connectivity index (χ4v) is 4.18. The lowest BCUT2D eigenvalue weighted by atomic mass is 10.2. The minimum atomic E-state index is -0.101. The molecule has 0 unspecified atom stereocenters. The second kappa shape index (κ2) is 10.5. The van der Waals surface area contributed by atoms with E-state index in [4.69, 9.17) is 40.2 Å². The third-order valence-corrected chi connectivity index (χ3v) is 5.92. The molecule has 4 rings (SSSR count). The van der Waals surface area contributed by atoms with Gasteiger partial charge in [-0.15, -0.1) is 0 Å². The number of aryl methyl sites for hydroxylation is 1. The molecule has 0 atom stereocenters. The average molecular weight is 508 g/mol. The van der Waals surface area contributed by atoms with E-state index in [1.165, 1.54) is 0 Å². The molecule has 174 valence electrons. The van der Waals surface area contributed by atoms with Crippen LogP contribution >= 0.6 is 35.4 Å². The number of thiocarbonyl (C=S) groups is 1. The molecule has 2 N–H and O–H groups in total. The van der Waals surface area contributed by atoms with Gasteiger partial charge in [0.2, 0.25) is 0 Å². The van der Waals surface area contributed by atoms with E-state index < -0.39 is 0 Å². The Bertz CT molecular complexity index is 1160. The lowest BCUT2D eigenvalue weighted by molar-refractivity contribution is 0.0295. The second-order valence-corrected chi connectivity index (χ2v) is 8.62. The fourth-order valence-electron chi connectivity index (χ4n) is 3.48. The van der Waals surface area contributed by atoms with Gasteiger partial charge >= 0.3 is 0 Å². The van der Waals surface area contributed by atoms with E-state index in [0.29, 0.717) is 71.6 Å². The first-order valence-electron chi connectivity index (χ1n) is 10.4. The van der Waals surface area contributed by atoms with Crippen molar-refractivity contribution >= 4 is 57.8 Å². The van der Waals surface area contributed by atoms with Gasteiger partial charge in [-0.2, -0.15) is 10.2 Å². The van der Waals surface area contributed by atoms with Gasteiger partial charge in [-0.25, -0.2) is 0 Å². The highest BCUT2D eigenvalue weighted by molar-refractivity contribution is 7.80. The number of carbonyl (C=O) groups excluding carboxylic acids is 1. The second-order valence-electron chi connectivity index (χ2n) is 7.37. The van der Waals surface area contributed by atoms with Gasteiger partial charge in [0.1, 0.15) is 5.69 Å². The van der Waals surface area contributed by atoms with Crippen molar-refractivity contribution in [2.24, 2.45) is 0 Å². The van der Waals surface area contributed by atoms with Crippen LogP contribution in [0, 0.1) is 0 Å². The van der Waals surface area contributed by atoms with Crippen molar-refractivity contribution in [1.29, 1.82) is 0 Å². The number of nitrogens with one attached hydrogen (secondary N) is 2. The molecule has 3 aromatic rings. The molecule has 9 nitrogen and oxygen atoms in total. The first kappa shape index (κ1) is 23.5. The van der Waals surface area contributed by atoms with E-state index in [-0.39, 0.29) is 5.91 Å². The molecule has 0 radical (unpaired) electrons. The molecule has 2 aromatic heterocycles. The highest BCUT2D eigenvalue weighted by Crippen LogP contribution is 2.22. The standard InChI is InChI=1S/C21H23Cl2N7O2S/c1-2-30-19(20(31)28-5-7-32-8-6-28)18(11-25-30)27-21(33)26-16-10-24-29(13-16)12-14-3-4-15(22)9-17(14)23/h3-4,9-11,13H,2,5-8,12H2,1H3,(H2,26,27,33). The summed E-state index contributed by atoms with van der Waals surface area (Å²) in [5, 5.41) is 16.3. The predicted molar refractivity (Wildman–Crippen MR) is 132 cm³/mol. The number of morpholine rings is 1. The molecule has 12 heteroatoms. The molecule has 3 heterocycles. The first-order valence-corrected chi connectivity index (χ1v) is 11.6. The number of aromatic nitrogens is 4. The Morgan fingerprint density at radius 1 is 1.18 bits per heavy atom. The molecule has 1 saturated heterocycles. The van der Waals surface area contributed by atoms with E-state index in [1.54, 1.807) is 38.8 Å². The van der Waals surface area contributed by atoms with Crippen molar-refractivity contribution in [3.63, 3.8) is 0 Å². The van der Waals surface area contributed by atoms with Crippen LogP contribution in [-0.4, -0.2) is 61.8 Å². The van der Waals surface area contributed by atoms with Crippen molar-refractivity contribution in [2.75, 3.05) is 36.9 Å². The van der Waals surface area contributed by atoms with Gasteiger partial charge in [0.25, 0.3) is 5.91 Å². The van der Waals surface area contributed by atoms with Gasteiger partial charge in [0.15, 0.2) is 5.11 Å². The number of amides is 1. The molecule has 1 aliphatic heterocycles. The quantitative estimate of drug-likeness (QED) is 0.491. The zero-order chi connectivity index (χ0) is 23.4. The van der Waals surface area contributed by atoms with Crippen LogP contribution in [0.25, 0.3) is 0 Å². The van der Waals surface area contributed by atoms with Crippen molar-refractivity contribution in [3.05, 3.63) is 58.1 Å². The number of nitrogens with zero attached hydrogens (tertiary/aromatic N) is 5. The van der Waals surface area contributed by atoms with Crippen LogP contribution in [-0.2, 0) is 17.8 Å². The summed E-state index contributed by atoms with van der Waals surface area (Å²) in [7, 11) is 0. The Morgan fingerprint density at radius 3 is 2.70 bits per heavy atom. The molecule has 1 aliphatic rings.